The van der Waals surface area contributed by atoms with Gasteiger partial charge >= 0.3 is 17.9 Å². The van der Waals surface area contributed by atoms with Gasteiger partial charge in [0.15, 0.2) is 40.4 Å². The normalized spacial score (nSPS) is 30.5. The standard InChI is InChI=1S/C38H37NO14/c1-39-38(50)24-13-14-35(51-19-24)20-36(49,34(47)48)25(15-21-5-3-2-4-6-21)33(52-32(46)18-28(42)23-9-11-27(41)30(44)17-23)37(35,38)53-31(45)12-8-22-7-10-26(40)29(43)16-22/h2-14,16-18,24-25,33,39-44,49-50H,15,19-20H2,1H3,(H,47,48)/b12-8+,28-18-/t24-,25+,33+,35+,36+,37+,38-/m0/s1. The smallest absolute Gasteiger partial charge is 0.336 e. The average Bonchev–Trinajstić information content (AvgIpc) is 3.13. The fourth-order valence-electron chi connectivity index (χ4n) is 7.64. The summed E-state index contributed by atoms with van der Waals surface area (Å²) in [5.41, 5.74) is -9.19. The largest absolute Gasteiger partial charge is 0.507 e. The number of rotatable bonds is 10. The minimum Gasteiger partial charge on any atom is -0.507 e. The number of likely N-dealkylation sites (N-methyl/N-ethyl adjacent to an activating group) is 1. The van der Waals surface area contributed by atoms with Crippen molar-refractivity contribution in [3.05, 3.63) is 108 Å². The lowest BCUT2D eigenvalue weighted by Gasteiger charge is -2.68. The quantitative estimate of drug-likeness (QED) is 0.0362. The summed E-state index contributed by atoms with van der Waals surface area (Å²) in [7, 11) is 1.35. The predicted octanol–water partition coefficient (Wildman–Crippen LogP) is 2.26. The van der Waals surface area contributed by atoms with E-state index in [9.17, 15) is 55.2 Å². The summed E-state index contributed by atoms with van der Waals surface area (Å²) in [6, 6.07) is 15.3. The van der Waals surface area contributed by atoms with E-state index in [0.717, 1.165) is 24.3 Å². The van der Waals surface area contributed by atoms with E-state index in [0.29, 0.717) is 11.6 Å². The number of phenols is 4. The molecule has 4 aliphatic rings. The van der Waals surface area contributed by atoms with Gasteiger partial charge in [-0.05, 0) is 61.0 Å². The number of nitrogens with one attached hydrogen (secondary N) is 1. The SMILES string of the molecule is CN[C@]1(O)[C@H]2C=C[C@]3(C[C@](O)(C(=O)O)[C@H](Cc4ccccc4)[C@@H](OC(=O)/C=C(\O)c4ccc(O)c(O)c4)[C@@]31OC(=O)/C=C/c1ccc(O)c(O)c1)OC2. The summed E-state index contributed by atoms with van der Waals surface area (Å²) >= 11 is 0. The Hall–Kier alpha value is -5.87. The first-order chi connectivity index (χ1) is 25.1. The number of carbonyl (C=O) groups excluding carboxylic acids is 2. The summed E-state index contributed by atoms with van der Waals surface area (Å²) in [6.45, 7) is -0.236. The molecule has 3 aromatic rings. The highest BCUT2D eigenvalue weighted by molar-refractivity contribution is 5.91. The molecule has 278 valence electrons. The lowest BCUT2D eigenvalue weighted by atomic mass is 9.50. The summed E-state index contributed by atoms with van der Waals surface area (Å²) in [4.78, 5) is 40.9. The molecular formula is C38H37NO14. The van der Waals surface area contributed by atoms with Crippen LogP contribution >= 0.6 is 0 Å². The molecule has 7 atom stereocenters. The molecule has 15 nitrogen and oxygen atoms in total. The number of aliphatic carboxylic acids is 1. The van der Waals surface area contributed by atoms with Crippen LogP contribution in [-0.2, 0) is 35.0 Å². The molecule has 2 heterocycles. The Balaban J connectivity index is 1.54. The fraction of sp³-hybridized carbons (Fsp3) is 0.289. The van der Waals surface area contributed by atoms with Crippen LogP contribution in [0.5, 0.6) is 23.0 Å². The Labute approximate surface area is 301 Å². The second kappa shape index (κ2) is 13.6. The topological polar surface area (TPSA) is 253 Å². The molecule has 7 rings (SSSR count). The average molecular weight is 732 g/mol. The van der Waals surface area contributed by atoms with Crippen LogP contribution in [0.2, 0.25) is 0 Å². The molecule has 1 saturated heterocycles. The van der Waals surface area contributed by atoms with E-state index in [1.165, 1.54) is 43.5 Å². The van der Waals surface area contributed by atoms with Crippen molar-refractivity contribution in [2.24, 2.45) is 11.8 Å². The minimum atomic E-state index is -2.76. The van der Waals surface area contributed by atoms with Gasteiger partial charge in [0.25, 0.3) is 0 Å². The van der Waals surface area contributed by atoms with Gasteiger partial charge in [0.2, 0.25) is 5.60 Å². The number of aromatic hydroxyl groups is 4. The summed E-state index contributed by atoms with van der Waals surface area (Å²) in [6.07, 6.45) is 2.51. The van der Waals surface area contributed by atoms with Crippen molar-refractivity contribution < 1.29 is 69.4 Å². The van der Waals surface area contributed by atoms with E-state index in [1.807, 2.05) is 0 Å². The minimum absolute atomic E-state index is 0.124. The Bertz CT molecular complexity index is 2030. The maximum atomic E-state index is 13.9. The van der Waals surface area contributed by atoms with Crippen LogP contribution in [0.1, 0.15) is 23.1 Å². The van der Waals surface area contributed by atoms with Gasteiger partial charge in [-0.1, -0.05) is 48.6 Å². The number of hydrogen-bond acceptors (Lipinski definition) is 14. The predicted molar refractivity (Wildman–Crippen MR) is 184 cm³/mol. The van der Waals surface area contributed by atoms with Gasteiger partial charge in [0, 0.05) is 29.9 Å². The fourth-order valence-corrected chi connectivity index (χ4v) is 7.64. The maximum Gasteiger partial charge on any atom is 0.336 e. The highest BCUT2D eigenvalue weighted by Crippen LogP contribution is 2.62. The second-order valence-corrected chi connectivity index (χ2v) is 13.2. The molecule has 0 amide bonds. The van der Waals surface area contributed by atoms with E-state index in [-0.39, 0.29) is 24.2 Å². The first-order valence-electron chi connectivity index (χ1n) is 16.4. The molecule has 2 aliphatic heterocycles. The van der Waals surface area contributed by atoms with E-state index >= 15 is 0 Å². The number of aliphatic hydroxyl groups is 3. The lowest BCUT2D eigenvalue weighted by Crippen LogP contribution is -2.90. The maximum absolute atomic E-state index is 13.9. The summed E-state index contributed by atoms with van der Waals surface area (Å²) in [5, 5.41) is 88.4. The van der Waals surface area contributed by atoms with Gasteiger partial charge in [0.1, 0.15) is 11.4 Å². The van der Waals surface area contributed by atoms with Crippen LogP contribution in [0.3, 0.4) is 0 Å². The lowest BCUT2D eigenvalue weighted by molar-refractivity contribution is -0.377. The van der Waals surface area contributed by atoms with Gasteiger partial charge in [0.05, 0.1) is 12.7 Å². The van der Waals surface area contributed by atoms with Crippen molar-refractivity contribution >= 4 is 29.7 Å². The van der Waals surface area contributed by atoms with Crippen molar-refractivity contribution in [2.45, 2.75) is 41.5 Å². The van der Waals surface area contributed by atoms with Crippen LogP contribution in [0.25, 0.3) is 11.8 Å². The molecular weight excluding hydrogens is 694 g/mol. The number of fused-ring (bicyclic) bond motifs is 1. The zero-order valence-electron chi connectivity index (χ0n) is 28.1. The number of phenolic OH excluding ortho intramolecular Hbond substituents is 4. The molecule has 53 heavy (non-hydrogen) atoms. The third-order valence-corrected chi connectivity index (χ3v) is 10.3. The molecule has 3 aromatic carbocycles. The first kappa shape index (κ1) is 36.9. The van der Waals surface area contributed by atoms with E-state index in [4.69, 9.17) is 14.2 Å². The number of esters is 2. The van der Waals surface area contributed by atoms with Crippen LogP contribution < -0.4 is 5.32 Å². The molecule has 9 N–H and O–H groups in total. The van der Waals surface area contributed by atoms with Crippen molar-refractivity contribution in [2.75, 3.05) is 13.7 Å². The zero-order valence-corrected chi connectivity index (χ0v) is 28.1. The zero-order chi connectivity index (χ0) is 38.3. The molecule has 0 unspecified atom stereocenters. The van der Waals surface area contributed by atoms with E-state index in [1.54, 1.807) is 30.3 Å². The number of carboxylic acid groups (broad SMARTS) is 1. The third-order valence-electron chi connectivity index (χ3n) is 10.3. The number of carbonyl (C=O) groups is 3. The van der Waals surface area contributed by atoms with Crippen molar-refractivity contribution in [1.29, 1.82) is 0 Å². The second-order valence-electron chi connectivity index (χ2n) is 13.2. The Morgan fingerprint density at radius 1 is 0.906 bits per heavy atom. The van der Waals surface area contributed by atoms with Crippen molar-refractivity contribution in [3.63, 3.8) is 0 Å². The summed E-state index contributed by atoms with van der Waals surface area (Å²) in [5.74, 6) is -9.59. The number of ether oxygens (including phenoxy) is 3. The molecule has 0 aromatic heterocycles. The van der Waals surface area contributed by atoms with E-state index < -0.39 is 93.6 Å². The Kier molecular flexibility index (Phi) is 9.47. The van der Waals surface area contributed by atoms with Crippen LogP contribution in [0, 0.1) is 11.8 Å². The molecule has 1 spiro atoms. The molecule has 1 saturated carbocycles. The number of aliphatic hydroxyl groups excluding tert-OH is 1. The van der Waals surface area contributed by atoms with Gasteiger partial charge in [-0.25, -0.2) is 14.4 Å². The van der Waals surface area contributed by atoms with Crippen LogP contribution in [0.4, 0.5) is 0 Å². The van der Waals surface area contributed by atoms with Gasteiger partial charge in [-0.2, -0.15) is 0 Å². The number of benzene rings is 3. The number of carboxylic acids is 1. The molecule has 2 bridgehead atoms. The van der Waals surface area contributed by atoms with Gasteiger partial charge in [-0.15, -0.1) is 0 Å². The Morgan fingerprint density at radius 2 is 1.58 bits per heavy atom. The Morgan fingerprint density at radius 3 is 2.19 bits per heavy atom. The monoisotopic (exact) mass is 731 g/mol. The first-order valence-corrected chi connectivity index (χ1v) is 16.4. The molecule has 0 radical (unpaired) electrons. The molecule has 2 fully saturated rings. The van der Waals surface area contributed by atoms with Crippen molar-refractivity contribution in [3.8, 4) is 23.0 Å². The third kappa shape index (κ3) is 6.12. The van der Waals surface area contributed by atoms with Crippen LogP contribution in [-0.4, -0.2) is 101 Å². The van der Waals surface area contributed by atoms with Crippen LogP contribution in [0.15, 0.2) is 91.0 Å². The highest BCUT2D eigenvalue weighted by Gasteiger charge is 2.83. The van der Waals surface area contributed by atoms with Gasteiger partial charge < -0.3 is 55.1 Å². The highest BCUT2D eigenvalue weighted by atomic mass is 16.6. The molecule has 15 heteroatoms. The van der Waals surface area contributed by atoms with Gasteiger partial charge in [-0.3, -0.25) is 5.32 Å². The van der Waals surface area contributed by atoms with Crippen molar-refractivity contribution in [1.82, 2.24) is 5.32 Å². The number of hydrogen-bond donors (Lipinski definition) is 9. The molecule has 2 aliphatic carbocycles. The summed E-state index contributed by atoms with van der Waals surface area (Å²) < 4.78 is 18.4. The van der Waals surface area contributed by atoms with E-state index in [2.05, 4.69) is 5.32 Å².